The number of hydrogen-bond acceptors (Lipinski definition) is 0. The summed E-state index contributed by atoms with van der Waals surface area (Å²) in [7, 11) is 0. The fourth-order valence-electron chi connectivity index (χ4n) is 5.16. The lowest BCUT2D eigenvalue weighted by Gasteiger charge is -2.12. The lowest BCUT2D eigenvalue weighted by Crippen LogP contribution is -1.96. The molecule has 0 saturated heterocycles. The van der Waals surface area contributed by atoms with E-state index in [4.69, 9.17) is 0 Å². The van der Waals surface area contributed by atoms with Gasteiger partial charge in [0, 0.05) is 0 Å². The van der Waals surface area contributed by atoms with E-state index in [0.717, 1.165) is 0 Å². The fraction of sp³-hybridized carbons (Fsp3) is 0.478. The molecule has 0 bridgehead atoms. The lowest BCUT2D eigenvalue weighted by atomic mass is 9.92. The first-order valence-electron chi connectivity index (χ1n) is 9.33. The highest BCUT2D eigenvalue weighted by atomic mass is 14.4. The van der Waals surface area contributed by atoms with Crippen molar-refractivity contribution < 1.29 is 0 Å². The molecule has 0 spiro atoms. The van der Waals surface area contributed by atoms with Crippen LogP contribution in [0.25, 0.3) is 0 Å². The van der Waals surface area contributed by atoms with E-state index in [0.29, 0.717) is 11.8 Å². The Hall–Kier alpha value is -1.56. The summed E-state index contributed by atoms with van der Waals surface area (Å²) in [6.07, 6.45) is 11.2. The minimum atomic E-state index is 0.702. The zero-order valence-electron chi connectivity index (χ0n) is 14.8. The van der Waals surface area contributed by atoms with Crippen molar-refractivity contribution >= 4 is 0 Å². The predicted molar refractivity (Wildman–Crippen MR) is 97.0 cm³/mol. The number of allylic oxidation sites excluding steroid dienone is 12. The maximum atomic E-state index is 2.52. The summed E-state index contributed by atoms with van der Waals surface area (Å²) in [5.74, 6) is 1.40. The molecule has 0 unspecified atom stereocenters. The number of fused-ring (bicyclic) bond motifs is 3. The zero-order valence-corrected chi connectivity index (χ0v) is 14.8. The van der Waals surface area contributed by atoms with Crippen molar-refractivity contribution in [3.05, 3.63) is 67.9 Å². The lowest BCUT2D eigenvalue weighted by molar-refractivity contribution is 0.744. The predicted octanol–water partition coefficient (Wildman–Crippen LogP) is 6.36. The molecular weight excluding hydrogens is 276 g/mol. The van der Waals surface area contributed by atoms with Crippen molar-refractivity contribution in [2.45, 2.75) is 59.8 Å². The highest BCUT2D eigenvalue weighted by molar-refractivity contribution is 5.74. The van der Waals surface area contributed by atoms with Gasteiger partial charge in [-0.05, 0) is 88.5 Å². The zero-order chi connectivity index (χ0) is 15.9. The molecule has 0 radical (unpaired) electrons. The van der Waals surface area contributed by atoms with Crippen LogP contribution in [0.5, 0.6) is 0 Å². The highest BCUT2D eigenvalue weighted by Gasteiger charge is 2.40. The first kappa shape index (κ1) is 13.8. The largest absolute Gasteiger partial charge is 0.0630 e. The summed E-state index contributed by atoms with van der Waals surface area (Å²) in [6, 6.07) is 0. The van der Waals surface area contributed by atoms with Gasteiger partial charge >= 0.3 is 0 Å². The smallest absolute Gasteiger partial charge is 0.00140 e. The SMILES string of the molecule is CC(C)C1=CC2=C(C1)C1=C(C2)C2=C(C1)C1=C(C=C(C(C)C)C1)C2. The Morgan fingerprint density at radius 3 is 1.30 bits per heavy atom. The second-order valence-electron chi connectivity index (χ2n) is 8.55. The summed E-state index contributed by atoms with van der Waals surface area (Å²) in [6.45, 7) is 9.35. The minimum Gasteiger partial charge on any atom is -0.0630 e. The van der Waals surface area contributed by atoms with Crippen LogP contribution in [-0.4, -0.2) is 0 Å². The molecule has 5 rings (SSSR count). The number of rotatable bonds is 2. The third-order valence-electron chi connectivity index (χ3n) is 6.65. The molecule has 0 N–H and O–H groups in total. The molecule has 0 aromatic heterocycles. The van der Waals surface area contributed by atoms with Crippen LogP contribution in [-0.2, 0) is 0 Å². The Labute approximate surface area is 140 Å². The van der Waals surface area contributed by atoms with E-state index in [2.05, 4.69) is 39.8 Å². The molecule has 0 nitrogen and oxygen atoms in total. The molecule has 0 heterocycles. The van der Waals surface area contributed by atoms with Crippen molar-refractivity contribution in [1.82, 2.24) is 0 Å². The second-order valence-corrected chi connectivity index (χ2v) is 8.55. The summed E-state index contributed by atoms with van der Waals surface area (Å²) >= 11 is 0. The van der Waals surface area contributed by atoms with Crippen LogP contribution in [0.4, 0.5) is 0 Å². The normalized spacial score (nSPS) is 25.1. The molecule has 0 amide bonds. The Morgan fingerprint density at radius 1 is 0.522 bits per heavy atom. The maximum absolute atomic E-state index is 2.52. The van der Waals surface area contributed by atoms with Gasteiger partial charge in [-0.1, -0.05) is 51.0 Å². The van der Waals surface area contributed by atoms with E-state index >= 15 is 0 Å². The van der Waals surface area contributed by atoms with Crippen LogP contribution in [0.3, 0.4) is 0 Å². The van der Waals surface area contributed by atoms with Gasteiger partial charge in [-0.25, -0.2) is 0 Å². The fourth-order valence-corrected chi connectivity index (χ4v) is 5.16. The molecule has 0 heteroatoms. The van der Waals surface area contributed by atoms with Gasteiger partial charge in [-0.15, -0.1) is 0 Å². The molecular formula is C23H26. The molecule has 0 aromatic rings. The van der Waals surface area contributed by atoms with Crippen LogP contribution in [0.15, 0.2) is 67.9 Å². The summed E-state index contributed by atoms with van der Waals surface area (Å²) < 4.78 is 0. The van der Waals surface area contributed by atoms with Gasteiger partial charge in [0.2, 0.25) is 0 Å². The Kier molecular flexibility index (Phi) is 2.71. The molecule has 0 aliphatic heterocycles. The first-order chi connectivity index (χ1) is 11.0. The molecule has 5 aliphatic rings. The molecule has 0 atom stereocenters. The van der Waals surface area contributed by atoms with E-state index in [-0.39, 0.29) is 0 Å². The Bertz CT molecular complexity index is 755. The summed E-state index contributed by atoms with van der Waals surface area (Å²) in [4.78, 5) is 0. The van der Waals surface area contributed by atoms with Gasteiger partial charge < -0.3 is 0 Å². The molecule has 5 aliphatic carbocycles. The molecule has 23 heavy (non-hydrogen) atoms. The van der Waals surface area contributed by atoms with Crippen LogP contribution in [0.1, 0.15) is 59.8 Å². The third kappa shape index (κ3) is 1.78. The van der Waals surface area contributed by atoms with Crippen LogP contribution in [0, 0.1) is 11.8 Å². The van der Waals surface area contributed by atoms with Crippen molar-refractivity contribution in [2.75, 3.05) is 0 Å². The highest BCUT2D eigenvalue weighted by Crippen LogP contribution is 2.58. The summed E-state index contributed by atoms with van der Waals surface area (Å²) in [5, 5.41) is 0. The first-order valence-corrected chi connectivity index (χ1v) is 9.33. The van der Waals surface area contributed by atoms with E-state index in [1.807, 2.05) is 0 Å². The Morgan fingerprint density at radius 2 is 0.913 bits per heavy atom. The minimum absolute atomic E-state index is 0.702. The van der Waals surface area contributed by atoms with E-state index in [1.54, 1.807) is 55.7 Å². The van der Waals surface area contributed by atoms with Crippen LogP contribution >= 0.6 is 0 Å². The van der Waals surface area contributed by atoms with Crippen LogP contribution < -0.4 is 0 Å². The van der Waals surface area contributed by atoms with E-state index in [1.165, 1.54) is 32.1 Å². The van der Waals surface area contributed by atoms with Gasteiger partial charge in [0.25, 0.3) is 0 Å². The average Bonchev–Trinajstić information content (AvgIpc) is 3.20. The van der Waals surface area contributed by atoms with Gasteiger partial charge in [0.05, 0.1) is 0 Å². The van der Waals surface area contributed by atoms with Crippen molar-refractivity contribution in [1.29, 1.82) is 0 Å². The Balaban J connectivity index is 1.38. The maximum Gasteiger partial charge on any atom is -0.00140 e. The van der Waals surface area contributed by atoms with Gasteiger partial charge in [-0.3, -0.25) is 0 Å². The quantitative estimate of drug-likeness (QED) is 0.557. The average molecular weight is 302 g/mol. The van der Waals surface area contributed by atoms with Crippen molar-refractivity contribution in [2.24, 2.45) is 11.8 Å². The third-order valence-corrected chi connectivity index (χ3v) is 6.65. The molecule has 0 aromatic carbocycles. The van der Waals surface area contributed by atoms with E-state index in [9.17, 15) is 0 Å². The van der Waals surface area contributed by atoms with Crippen LogP contribution in [0.2, 0.25) is 0 Å². The molecule has 118 valence electrons. The number of hydrogen-bond donors (Lipinski definition) is 0. The summed E-state index contributed by atoms with van der Waals surface area (Å²) in [5.41, 5.74) is 16.9. The standard InChI is InChI=1S/C23H26/c1-12(2)14-5-16-9-20-21-10-17-6-15(13(3)4)8-19(17)23(21)11-22(20)18(16)7-14/h5-6,12-13H,7-11H2,1-4H3. The van der Waals surface area contributed by atoms with Gasteiger partial charge in [0.1, 0.15) is 0 Å². The molecule has 0 saturated carbocycles. The second kappa shape index (κ2) is 4.50. The van der Waals surface area contributed by atoms with Gasteiger partial charge in [-0.2, -0.15) is 0 Å². The van der Waals surface area contributed by atoms with Crippen molar-refractivity contribution in [3.8, 4) is 0 Å². The monoisotopic (exact) mass is 302 g/mol. The van der Waals surface area contributed by atoms with Gasteiger partial charge in [0.15, 0.2) is 0 Å². The van der Waals surface area contributed by atoms with E-state index < -0.39 is 0 Å². The van der Waals surface area contributed by atoms with Crippen molar-refractivity contribution in [3.63, 3.8) is 0 Å². The topological polar surface area (TPSA) is 0 Å². The molecule has 0 fully saturated rings.